The highest BCUT2D eigenvalue weighted by Gasteiger charge is 2.21. The quantitative estimate of drug-likeness (QED) is 0.809. The molecule has 1 aliphatic carbocycles. The highest BCUT2D eigenvalue weighted by molar-refractivity contribution is 8.00. The van der Waals surface area contributed by atoms with Crippen LogP contribution in [0.1, 0.15) is 57.4 Å². The van der Waals surface area contributed by atoms with Crippen LogP contribution in [-0.4, -0.2) is 11.3 Å². The molecule has 0 radical (unpaired) electrons. The van der Waals surface area contributed by atoms with Gasteiger partial charge in [-0.3, -0.25) is 0 Å². The maximum Gasteiger partial charge on any atom is 0.0246 e. The highest BCUT2D eigenvalue weighted by atomic mass is 32.2. The molecule has 2 unspecified atom stereocenters. The van der Waals surface area contributed by atoms with E-state index in [1.807, 2.05) is 11.8 Å². The van der Waals surface area contributed by atoms with Gasteiger partial charge >= 0.3 is 0 Å². The topological polar surface area (TPSA) is 26.0 Å². The lowest BCUT2D eigenvalue weighted by Crippen LogP contribution is -2.31. The van der Waals surface area contributed by atoms with Crippen molar-refractivity contribution in [3.63, 3.8) is 0 Å². The molecule has 0 aromatic heterocycles. The lowest BCUT2D eigenvalue weighted by molar-refractivity contribution is 0.596. The minimum Gasteiger partial charge on any atom is -0.327 e. The molecule has 2 rings (SSSR count). The van der Waals surface area contributed by atoms with Crippen molar-refractivity contribution < 1.29 is 0 Å². The molecule has 1 aromatic rings. The Balaban J connectivity index is 1.99. The van der Waals surface area contributed by atoms with Gasteiger partial charge in [-0.2, -0.15) is 0 Å². The average Bonchev–Trinajstić information content (AvgIpc) is 2.56. The van der Waals surface area contributed by atoms with Crippen molar-refractivity contribution in [2.24, 2.45) is 5.73 Å². The molecule has 100 valence electrons. The first-order valence-electron chi connectivity index (χ1n) is 7.19. The number of rotatable bonds is 3. The van der Waals surface area contributed by atoms with Crippen molar-refractivity contribution in [3.05, 3.63) is 29.8 Å². The first-order valence-corrected chi connectivity index (χ1v) is 8.07. The number of thioether (sulfide) groups is 1. The molecule has 0 aliphatic heterocycles. The van der Waals surface area contributed by atoms with E-state index < -0.39 is 0 Å². The molecular formula is C16H25NS. The molecule has 18 heavy (non-hydrogen) atoms. The Bertz CT molecular complexity index is 358. The number of hydrogen-bond donors (Lipinski definition) is 1. The van der Waals surface area contributed by atoms with Crippen LogP contribution in [0.15, 0.2) is 29.2 Å². The van der Waals surface area contributed by atoms with E-state index in [1.54, 1.807) is 0 Å². The van der Waals surface area contributed by atoms with Crippen molar-refractivity contribution in [1.29, 1.82) is 0 Å². The van der Waals surface area contributed by atoms with Crippen LogP contribution in [-0.2, 0) is 0 Å². The number of benzene rings is 1. The van der Waals surface area contributed by atoms with Gasteiger partial charge in [0, 0.05) is 16.2 Å². The summed E-state index contributed by atoms with van der Waals surface area (Å²) in [7, 11) is 0. The van der Waals surface area contributed by atoms with E-state index in [0.29, 0.717) is 17.2 Å². The molecule has 2 N–H and O–H groups in total. The van der Waals surface area contributed by atoms with E-state index in [9.17, 15) is 0 Å². The maximum atomic E-state index is 6.28. The van der Waals surface area contributed by atoms with Crippen LogP contribution in [0.5, 0.6) is 0 Å². The predicted molar refractivity (Wildman–Crippen MR) is 81.2 cm³/mol. The monoisotopic (exact) mass is 263 g/mol. The largest absolute Gasteiger partial charge is 0.327 e. The zero-order valence-corrected chi connectivity index (χ0v) is 12.4. The molecule has 1 fully saturated rings. The molecule has 1 aliphatic rings. The summed E-state index contributed by atoms with van der Waals surface area (Å²) in [6.45, 7) is 4.48. The standard InChI is InChI=1S/C16H25NS/c1-12(2)13-8-10-14(11-9-13)18-16-7-5-3-4-6-15(16)17/h8-12,15-16H,3-7,17H2,1-2H3. The van der Waals surface area contributed by atoms with Gasteiger partial charge in [-0.15, -0.1) is 11.8 Å². The number of nitrogens with two attached hydrogens (primary N) is 1. The molecular weight excluding hydrogens is 238 g/mol. The molecule has 1 aromatic carbocycles. The summed E-state index contributed by atoms with van der Waals surface area (Å²) in [6.07, 6.45) is 6.48. The normalized spacial score (nSPS) is 25.1. The lowest BCUT2D eigenvalue weighted by Gasteiger charge is -2.20. The zero-order chi connectivity index (χ0) is 13.0. The minimum atomic E-state index is 0.377. The van der Waals surface area contributed by atoms with Gasteiger partial charge in [0.2, 0.25) is 0 Å². The van der Waals surface area contributed by atoms with Gasteiger partial charge < -0.3 is 5.73 Å². The lowest BCUT2D eigenvalue weighted by atomic mass is 10.0. The van der Waals surface area contributed by atoms with Crippen LogP contribution < -0.4 is 5.73 Å². The molecule has 0 saturated heterocycles. The van der Waals surface area contributed by atoms with Gasteiger partial charge in [-0.25, -0.2) is 0 Å². The Morgan fingerprint density at radius 2 is 1.72 bits per heavy atom. The molecule has 0 bridgehead atoms. The SMILES string of the molecule is CC(C)c1ccc(SC2CCCCCC2N)cc1. The van der Waals surface area contributed by atoms with Crippen molar-refractivity contribution in [3.8, 4) is 0 Å². The first-order chi connectivity index (χ1) is 8.66. The van der Waals surface area contributed by atoms with Crippen LogP contribution >= 0.6 is 11.8 Å². The van der Waals surface area contributed by atoms with E-state index in [2.05, 4.69) is 38.1 Å². The van der Waals surface area contributed by atoms with Crippen molar-refractivity contribution in [2.75, 3.05) is 0 Å². The van der Waals surface area contributed by atoms with E-state index in [-0.39, 0.29) is 0 Å². The van der Waals surface area contributed by atoms with Crippen molar-refractivity contribution in [2.45, 2.75) is 68.1 Å². The maximum absolute atomic E-state index is 6.28. The zero-order valence-electron chi connectivity index (χ0n) is 11.6. The summed E-state index contributed by atoms with van der Waals surface area (Å²) in [5, 5.41) is 0.609. The van der Waals surface area contributed by atoms with Crippen LogP contribution in [0, 0.1) is 0 Å². The third-order valence-electron chi connectivity index (χ3n) is 3.84. The molecule has 1 saturated carbocycles. The minimum absolute atomic E-state index is 0.377. The van der Waals surface area contributed by atoms with Crippen LogP contribution in [0.25, 0.3) is 0 Å². The second kappa shape index (κ2) is 6.63. The summed E-state index contributed by atoms with van der Waals surface area (Å²) >= 11 is 1.98. The van der Waals surface area contributed by atoms with Crippen LogP contribution in [0.3, 0.4) is 0 Å². The number of hydrogen-bond acceptors (Lipinski definition) is 2. The molecule has 1 nitrogen and oxygen atoms in total. The van der Waals surface area contributed by atoms with Gasteiger partial charge in [0.05, 0.1) is 0 Å². The fourth-order valence-corrected chi connectivity index (χ4v) is 3.79. The van der Waals surface area contributed by atoms with Gasteiger partial charge in [-0.1, -0.05) is 45.2 Å². The summed E-state index contributed by atoms with van der Waals surface area (Å²) in [4.78, 5) is 1.38. The third kappa shape index (κ3) is 3.76. The smallest absolute Gasteiger partial charge is 0.0246 e. The van der Waals surface area contributed by atoms with Crippen molar-refractivity contribution in [1.82, 2.24) is 0 Å². The average molecular weight is 263 g/mol. The van der Waals surface area contributed by atoms with Gasteiger partial charge in [-0.05, 0) is 36.5 Å². The Hall–Kier alpha value is -0.470. The van der Waals surface area contributed by atoms with Crippen molar-refractivity contribution >= 4 is 11.8 Å². The first kappa shape index (κ1) is 14.0. The third-order valence-corrected chi connectivity index (χ3v) is 5.27. The van der Waals surface area contributed by atoms with Crippen LogP contribution in [0.4, 0.5) is 0 Å². The molecule has 0 amide bonds. The summed E-state index contributed by atoms with van der Waals surface area (Å²) < 4.78 is 0. The van der Waals surface area contributed by atoms with E-state index in [4.69, 9.17) is 5.73 Å². The summed E-state index contributed by atoms with van der Waals surface area (Å²) in [6, 6.07) is 9.42. The fraction of sp³-hybridized carbons (Fsp3) is 0.625. The predicted octanol–water partition coefficient (Wildman–Crippen LogP) is 4.56. The summed E-state index contributed by atoms with van der Waals surface area (Å²) in [5.74, 6) is 0.615. The Morgan fingerprint density at radius 1 is 1.06 bits per heavy atom. The summed E-state index contributed by atoms with van der Waals surface area (Å²) in [5.41, 5.74) is 7.70. The second-order valence-electron chi connectivity index (χ2n) is 5.68. The second-order valence-corrected chi connectivity index (χ2v) is 6.99. The van der Waals surface area contributed by atoms with Gasteiger partial charge in [0.1, 0.15) is 0 Å². The molecule has 2 heteroatoms. The van der Waals surface area contributed by atoms with E-state index >= 15 is 0 Å². The van der Waals surface area contributed by atoms with Crippen LogP contribution in [0.2, 0.25) is 0 Å². The highest BCUT2D eigenvalue weighted by Crippen LogP contribution is 2.32. The van der Waals surface area contributed by atoms with Gasteiger partial charge in [0.15, 0.2) is 0 Å². The molecule has 0 spiro atoms. The van der Waals surface area contributed by atoms with E-state index in [0.717, 1.165) is 0 Å². The van der Waals surface area contributed by atoms with E-state index in [1.165, 1.54) is 42.6 Å². The molecule has 0 heterocycles. The van der Waals surface area contributed by atoms with Gasteiger partial charge in [0.25, 0.3) is 0 Å². The Morgan fingerprint density at radius 3 is 2.39 bits per heavy atom. The Labute approximate surface area is 116 Å². The fourth-order valence-electron chi connectivity index (χ4n) is 2.55. The molecule has 2 atom stereocenters. The Kier molecular flexibility index (Phi) is 5.13.